The number of benzene rings is 1. The van der Waals surface area contributed by atoms with Crippen molar-refractivity contribution in [1.29, 1.82) is 0 Å². The van der Waals surface area contributed by atoms with Crippen LogP contribution in [0.2, 0.25) is 0 Å². The average molecular weight is 346 g/mol. The summed E-state index contributed by atoms with van der Waals surface area (Å²) in [6.45, 7) is 0.115. The Morgan fingerprint density at radius 3 is 2.67 bits per heavy atom. The van der Waals surface area contributed by atoms with Gasteiger partial charge in [-0.3, -0.25) is 0 Å². The van der Waals surface area contributed by atoms with Crippen molar-refractivity contribution in [3.63, 3.8) is 0 Å². The molecule has 0 radical (unpaired) electrons. The topological polar surface area (TPSA) is 76.9 Å². The maximum Gasteiger partial charge on any atom is 0.216 e. The van der Waals surface area contributed by atoms with E-state index in [0.29, 0.717) is 16.9 Å². The van der Waals surface area contributed by atoms with Crippen LogP contribution in [0, 0.1) is 5.82 Å². The average Bonchev–Trinajstić information content (AvgIpc) is 3.08. The zero-order valence-corrected chi connectivity index (χ0v) is 13.4. The van der Waals surface area contributed by atoms with Gasteiger partial charge in [-0.15, -0.1) is 0 Å². The Hall–Kier alpha value is -2.58. The van der Waals surface area contributed by atoms with Gasteiger partial charge in [0.2, 0.25) is 10.0 Å². The standard InChI is InChI=1S/C16H15FN4O2S/c17-15-4-1-3-13(9-15)12-24(22,23)20-11-14-5-6-16(18-10-14)21-8-2-7-19-21/h1-10,20H,11-12H2. The number of nitrogens with zero attached hydrogens (tertiary/aromatic N) is 3. The summed E-state index contributed by atoms with van der Waals surface area (Å²) in [5.74, 6) is -0.0868. The van der Waals surface area contributed by atoms with Gasteiger partial charge in [0.05, 0.1) is 5.75 Å². The van der Waals surface area contributed by atoms with Crippen LogP contribution >= 0.6 is 0 Å². The first-order valence-corrected chi connectivity index (χ1v) is 8.84. The second-order valence-electron chi connectivity index (χ2n) is 5.19. The van der Waals surface area contributed by atoms with Gasteiger partial charge in [-0.1, -0.05) is 18.2 Å². The van der Waals surface area contributed by atoms with Gasteiger partial charge in [0.25, 0.3) is 0 Å². The highest BCUT2D eigenvalue weighted by Gasteiger charge is 2.12. The lowest BCUT2D eigenvalue weighted by Crippen LogP contribution is -2.24. The van der Waals surface area contributed by atoms with Gasteiger partial charge >= 0.3 is 0 Å². The first-order valence-electron chi connectivity index (χ1n) is 7.18. The number of nitrogens with one attached hydrogen (secondary N) is 1. The summed E-state index contributed by atoms with van der Waals surface area (Å²) in [7, 11) is -3.56. The molecule has 0 spiro atoms. The normalized spacial score (nSPS) is 11.5. The summed E-state index contributed by atoms with van der Waals surface area (Å²) < 4.78 is 41.4. The Bertz CT molecular complexity index is 910. The molecule has 0 aliphatic carbocycles. The highest BCUT2D eigenvalue weighted by Crippen LogP contribution is 2.09. The molecule has 0 atom stereocenters. The summed E-state index contributed by atoms with van der Waals surface area (Å²) in [4.78, 5) is 4.23. The van der Waals surface area contributed by atoms with Crippen molar-refractivity contribution in [3.8, 4) is 5.82 Å². The van der Waals surface area contributed by atoms with Crippen LogP contribution in [0.3, 0.4) is 0 Å². The van der Waals surface area contributed by atoms with E-state index in [9.17, 15) is 12.8 Å². The summed E-state index contributed by atoms with van der Waals surface area (Å²) in [5.41, 5.74) is 1.11. The van der Waals surface area contributed by atoms with Gasteiger partial charge in [0.15, 0.2) is 5.82 Å². The number of halogens is 1. The zero-order valence-electron chi connectivity index (χ0n) is 12.6. The molecule has 0 aliphatic rings. The van der Waals surface area contributed by atoms with Crippen LogP contribution in [0.5, 0.6) is 0 Å². The molecule has 0 unspecified atom stereocenters. The molecule has 0 saturated carbocycles. The van der Waals surface area contributed by atoms with E-state index in [1.807, 2.05) is 0 Å². The Balaban J connectivity index is 1.62. The van der Waals surface area contributed by atoms with Crippen LogP contribution in [0.1, 0.15) is 11.1 Å². The van der Waals surface area contributed by atoms with Crippen LogP contribution in [0.4, 0.5) is 4.39 Å². The van der Waals surface area contributed by atoms with Crippen LogP contribution in [-0.4, -0.2) is 23.2 Å². The first kappa shape index (κ1) is 16.3. The Morgan fingerprint density at radius 1 is 1.12 bits per heavy atom. The highest BCUT2D eigenvalue weighted by atomic mass is 32.2. The van der Waals surface area contributed by atoms with E-state index in [1.54, 1.807) is 47.5 Å². The van der Waals surface area contributed by atoms with Crippen LogP contribution in [0.15, 0.2) is 61.1 Å². The van der Waals surface area contributed by atoms with Crippen molar-refractivity contribution < 1.29 is 12.8 Å². The molecule has 24 heavy (non-hydrogen) atoms. The number of pyridine rings is 1. The number of hydrogen-bond acceptors (Lipinski definition) is 4. The molecular weight excluding hydrogens is 331 g/mol. The minimum absolute atomic E-state index is 0.115. The van der Waals surface area contributed by atoms with E-state index in [2.05, 4.69) is 14.8 Å². The predicted octanol–water partition coefficient (Wildman–Crippen LogP) is 2.03. The molecule has 1 N–H and O–H groups in total. The molecule has 2 heterocycles. The zero-order chi connectivity index (χ0) is 17.0. The molecule has 0 aliphatic heterocycles. The Labute approximate surface area is 139 Å². The lowest BCUT2D eigenvalue weighted by atomic mass is 10.2. The van der Waals surface area contributed by atoms with Crippen LogP contribution in [0.25, 0.3) is 5.82 Å². The SMILES string of the molecule is O=S(=O)(Cc1cccc(F)c1)NCc1ccc(-n2cccn2)nc1. The quantitative estimate of drug-likeness (QED) is 0.741. The van der Waals surface area contributed by atoms with Gasteiger partial charge in [0, 0.05) is 25.1 Å². The summed E-state index contributed by atoms with van der Waals surface area (Å²) in [6.07, 6.45) is 5.00. The van der Waals surface area contributed by atoms with Crippen molar-refractivity contribution in [2.45, 2.75) is 12.3 Å². The number of hydrogen-bond donors (Lipinski definition) is 1. The number of sulfonamides is 1. The predicted molar refractivity (Wildman–Crippen MR) is 87.2 cm³/mol. The molecule has 1 aromatic carbocycles. The fourth-order valence-electron chi connectivity index (χ4n) is 2.15. The molecule has 0 saturated heterocycles. The van der Waals surface area contributed by atoms with Gasteiger partial charge in [-0.2, -0.15) is 5.10 Å². The van der Waals surface area contributed by atoms with Crippen molar-refractivity contribution in [1.82, 2.24) is 19.5 Å². The minimum Gasteiger partial charge on any atom is -0.237 e. The van der Waals surface area contributed by atoms with Crippen molar-refractivity contribution >= 4 is 10.0 Å². The maximum absolute atomic E-state index is 13.1. The number of rotatable bonds is 6. The van der Waals surface area contributed by atoms with E-state index in [4.69, 9.17) is 0 Å². The summed E-state index contributed by atoms with van der Waals surface area (Å²) in [5, 5.41) is 4.07. The molecule has 6 nitrogen and oxygen atoms in total. The molecule has 0 amide bonds. The second kappa shape index (κ2) is 6.90. The monoisotopic (exact) mass is 346 g/mol. The maximum atomic E-state index is 13.1. The highest BCUT2D eigenvalue weighted by molar-refractivity contribution is 7.88. The van der Waals surface area contributed by atoms with Crippen LogP contribution in [-0.2, 0) is 22.3 Å². The third-order valence-electron chi connectivity index (χ3n) is 3.29. The van der Waals surface area contributed by atoms with Gasteiger partial charge in [0.1, 0.15) is 5.82 Å². The fraction of sp³-hybridized carbons (Fsp3) is 0.125. The molecule has 8 heteroatoms. The van der Waals surface area contributed by atoms with E-state index >= 15 is 0 Å². The Morgan fingerprint density at radius 2 is 2.00 bits per heavy atom. The first-order chi connectivity index (χ1) is 11.5. The van der Waals surface area contributed by atoms with Gasteiger partial charge in [-0.25, -0.2) is 27.2 Å². The largest absolute Gasteiger partial charge is 0.237 e. The minimum atomic E-state index is -3.56. The number of aromatic nitrogens is 3. The third kappa shape index (κ3) is 4.24. The molecular formula is C16H15FN4O2S. The molecule has 3 rings (SSSR count). The molecule has 2 aromatic heterocycles. The van der Waals surface area contributed by atoms with E-state index < -0.39 is 15.8 Å². The summed E-state index contributed by atoms with van der Waals surface area (Å²) in [6, 6.07) is 10.9. The lowest BCUT2D eigenvalue weighted by molar-refractivity contribution is 0.580. The second-order valence-corrected chi connectivity index (χ2v) is 6.99. The van der Waals surface area contributed by atoms with E-state index in [0.717, 1.165) is 0 Å². The summed E-state index contributed by atoms with van der Waals surface area (Å²) >= 11 is 0. The fourth-order valence-corrected chi connectivity index (χ4v) is 3.26. The van der Waals surface area contributed by atoms with Crippen molar-refractivity contribution in [3.05, 3.63) is 78.0 Å². The van der Waals surface area contributed by atoms with E-state index in [-0.39, 0.29) is 12.3 Å². The van der Waals surface area contributed by atoms with Crippen molar-refractivity contribution in [2.24, 2.45) is 0 Å². The molecule has 124 valence electrons. The molecule has 0 fully saturated rings. The van der Waals surface area contributed by atoms with E-state index in [1.165, 1.54) is 18.2 Å². The third-order valence-corrected chi connectivity index (χ3v) is 4.59. The Kier molecular flexibility index (Phi) is 4.68. The lowest BCUT2D eigenvalue weighted by Gasteiger charge is -2.07. The molecule has 0 bridgehead atoms. The smallest absolute Gasteiger partial charge is 0.216 e. The molecule has 3 aromatic rings. The van der Waals surface area contributed by atoms with Gasteiger partial charge < -0.3 is 0 Å². The van der Waals surface area contributed by atoms with Gasteiger partial charge in [-0.05, 0) is 35.4 Å². The van der Waals surface area contributed by atoms with Crippen LogP contribution < -0.4 is 4.72 Å². The van der Waals surface area contributed by atoms with Crippen molar-refractivity contribution in [2.75, 3.05) is 0 Å².